The number of rotatable bonds is 3. The predicted molar refractivity (Wildman–Crippen MR) is 79.3 cm³/mol. The third-order valence-electron chi connectivity index (χ3n) is 3.31. The SMILES string of the molecule is COC(=O)c1cc(N2CCSCC2)c(C(F)(F)F)cc1N[O-]. The molecule has 0 radical (unpaired) electrons. The van der Waals surface area contributed by atoms with E-state index in [9.17, 15) is 23.2 Å². The first-order chi connectivity index (χ1) is 10.4. The summed E-state index contributed by atoms with van der Waals surface area (Å²) in [4.78, 5) is 13.3. The molecule has 1 heterocycles. The highest BCUT2D eigenvalue weighted by Gasteiger charge is 2.36. The minimum absolute atomic E-state index is 0.104. The number of carbonyl (C=O) groups excluding carboxylic acids is 1. The fourth-order valence-electron chi connectivity index (χ4n) is 2.24. The molecule has 5 nitrogen and oxygen atoms in total. The lowest BCUT2D eigenvalue weighted by Crippen LogP contribution is -2.34. The van der Waals surface area contributed by atoms with Gasteiger partial charge in [0.05, 0.1) is 23.9 Å². The van der Waals surface area contributed by atoms with Crippen molar-refractivity contribution in [3.8, 4) is 0 Å². The van der Waals surface area contributed by atoms with Gasteiger partial charge in [-0.2, -0.15) is 24.9 Å². The number of nitrogens with zero attached hydrogens (tertiary/aromatic N) is 1. The van der Waals surface area contributed by atoms with E-state index in [-0.39, 0.29) is 11.3 Å². The van der Waals surface area contributed by atoms with E-state index in [0.29, 0.717) is 30.7 Å². The molecule has 1 aliphatic heterocycles. The summed E-state index contributed by atoms with van der Waals surface area (Å²) in [6.45, 7) is 0.886. The zero-order valence-electron chi connectivity index (χ0n) is 11.7. The summed E-state index contributed by atoms with van der Waals surface area (Å²) in [5.74, 6) is 0.540. The van der Waals surface area contributed by atoms with Gasteiger partial charge in [-0.15, -0.1) is 0 Å². The maximum Gasteiger partial charge on any atom is 0.418 e. The molecule has 0 aromatic heterocycles. The highest BCUT2D eigenvalue weighted by molar-refractivity contribution is 7.99. The van der Waals surface area contributed by atoms with Crippen LogP contribution in [-0.4, -0.2) is 37.7 Å². The lowest BCUT2D eigenvalue weighted by Gasteiger charge is -2.32. The maximum absolute atomic E-state index is 13.3. The maximum atomic E-state index is 13.3. The molecule has 1 saturated heterocycles. The van der Waals surface area contributed by atoms with Crippen molar-refractivity contribution in [2.75, 3.05) is 42.1 Å². The van der Waals surface area contributed by atoms with E-state index >= 15 is 0 Å². The molecule has 0 bridgehead atoms. The Labute approximate surface area is 129 Å². The van der Waals surface area contributed by atoms with Gasteiger partial charge in [0.2, 0.25) is 0 Å². The van der Waals surface area contributed by atoms with Gasteiger partial charge in [0.1, 0.15) is 0 Å². The van der Waals surface area contributed by atoms with Gasteiger partial charge < -0.3 is 20.3 Å². The molecule has 1 aromatic carbocycles. The number of halogens is 3. The summed E-state index contributed by atoms with van der Waals surface area (Å²) in [5, 5.41) is 10.9. The molecule has 0 aliphatic carbocycles. The van der Waals surface area contributed by atoms with Crippen molar-refractivity contribution in [1.82, 2.24) is 0 Å². The zero-order valence-corrected chi connectivity index (χ0v) is 12.5. The topological polar surface area (TPSA) is 64.6 Å². The average molecular weight is 335 g/mol. The monoisotopic (exact) mass is 335 g/mol. The van der Waals surface area contributed by atoms with Crippen LogP contribution in [-0.2, 0) is 10.9 Å². The number of ether oxygens (including phenoxy) is 1. The van der Waals surface area contributed by atoms with Crippen molar-refractivity contribution in [3.05, 3.63) is 28.5 Å². The van der Waals surface area contributed by atoms with Gasteiger partial charge >= 0.3 is 12.1 Å². The molecule has 1 fully saturated rings. The lowest BCUT2D eigenvalue weighted by atomic mass is 10.0. The van der Waals surface area contributed by atoms with Crippen molar-refractivity contribution < 1.29 is 22.7 Å². The van der Waals surface area contributed by atoms with Crippen molar-refractivity contribution in [1.29, 1.82) is 0 Å². The Bertz CT molecular complexity index is 560. The van der Waals surface area contributed by atoms with Crippen LogP contribution in [0.25, 0.3) is 0 Å². The van der Waals surface area contributed by atoms with E-state index in [4.69, 9.17) is 0 Å². The van der Waals surface area contributed by atoms with Crippen LogP contribution < -0.4 is 10.4 Å². The molecule has 2 rings (SSSR count). The molecule has 1 aromatic rings. The largest absolute Gasteiger partial charge is 0.761 e. The predicted octanol–water partition coefficient (Wildman–Crippen LogP) is 2.95. The lowest BCUT2D eigenvalue weighted by molar-refractivity contribution is -0.137. The van der Waals surface area contributed by atoms with Gasteiger partial charge in [-0.1, -0.05) is 0 Å². The summed E-state index contributed by atoms with van der Waals surface area (Å²) < 4.78 is 44.3. The fraction of sp³-hybridized carbons (Fsp3) is 0.462. The van der Waals surface area contributed by atoms with Crippen molar-refractivity contribution >= 4 is 29.1 Å². The molecule has 1 N–H and O–H groups in total. The van der Waals surface area contributed by atoms with Crippen LogP contribution >= 0.6 is 11.8 Å². The van der Waals surface area contributed by atoms with Crippen LogP contribution in [0.5, 0.6) is 0 Å². The molecular weight excluding hydrogens is 321 g/mol. The summed E-state index contributed by atoms with van der Waals surface area (Å²) >= 11 is 1.65. The second-order valence-corrected chi connectivity index (χ2v) is 5.83. The minimum atomic E-state index is -4.62. The van der Waals surface area contributed by atoms with Crippen LogP contribution in [0.15, 0.2) is 12.1 Å². The van der Waals surface area contributed by atoms with Crippen LogP contribution in [0.1, 0.15) is 15.9 Å². The fourth-order valence-corrected chi connectivity index (χ4v) is 3.15. The number of anilines is 2. The molecule has 0 atom stereocenters. The van der Waals surface area contributed by atoms with Crippen LogP contribution in [0.3, 0.4) is 0 Å². The van der Waals surface area contributed by atoms with E-state index in [0.717, 1.165) is 13.2 Å². The summed E-state index contributed by atoms with van der Waals surface area (Å²) in [5.41, 5.74) is -0.323. The Morgan fingerprint density at radius 3 is 2.50 bits per heavy atom. The van der Waals surface area contributed by atoms with Gasteiger partial charge in [-0.3, -0.25) is 0 Å². The van der Waals surface area contributed by atoms with Crippen LogP contribution in [0.2, 0.25) is 0 Å². The van der Waals surface area contributed by atoms with E-state index in [1.54, 1.807) is 16.7 Å². The summed E-state index contributed by atoms with van der Waals surface area (Å²) in [7, 11) is 1.10. The zero-order chi connectivity index (χ0) is 16.3. The Kier molecular flexibility index (Phi) is 5.07. The smallest absolute Gasteiger partial charge is 0.418 e. The number of esters is 1. The third kappa shape index (κ3) is 3.41. The number of carbonyl (C=O) groups is 1. The Morgan fingerprint density at radius 2 is 2.00 bits per heavy atom. The molecule has 0 amide bonds. The molecule has 1 aliphatic rings. The third-order valence-corrected chi connectivity index (χ3v) is 4.25. The molecule has 0 unspecified atom stereocenters. The first-order valence-corrected chi connectivity index (χ1v) is 7.58. The van der Waals surface area contributed by atoms with E-state index in [1.165, 1.54) is 5.48 Å². The number of hydrogen-bond donors (Lipinski definition) is 1. The number of hydrogen-bond acceptors (Lipinski definition) is 6. The second kappa shape index (κ2) is 6.66. The number of benzene rings is 1. The second-order valence-electron chi connectivity index (χ2n) is 4.61. The Balaban J connectivity index is 2.58. The molecule has 122 valence electrons. The first-order valence-electron chi connectivity index (χ1n) is 6.43. The number of methoxy groups -OCH3 is 1. The van der Waals surface area contributed by atoms with Crippen LogP contribution in [0, 0.1) is 5.21 Å². The highest BCUT2D eigenvalue weighted by Crippen LogP contribution is 2.40. The number of alkyl halides is 3. The quantitative estimate of drug-likeness (QED) is 0.677. The summed E-state index contributed by atoms with van der Waals surface area (Å²) in [6, 6.07) is 1.74. The van der Waals surface area contributed by atoms with E-state index in [2.05, 4.69) is 4.74 Å². The van der Waals surface area contributed by atoms with Gasteiger partial charge in [0, 0.05) is 30.3 Å². The minimum Gasteiger partial charge on any atom is -0.761 e. The standard InChI is InChI=1S/C13H14F3N2O3S/c1-21-12(19)8-6-11(18-2-4-22-5-3-18)9(13(14,15)16)7-10(8)17-20/h6-7,17H,2-5H2,1H3/q-1. The first kappa shape index (κ1) is 16.8. The molecule has 22 heavy (non-hydrogen) atoms. The normalized spacial score (nSPS) is 15.6. The van der Waals surface area contributed by atoms with E-state index < -0.39 is 23.4 Å². The molecule has 9 heteroatoms. The van der Waals surface area contributed by atoms with Gasteiger partial charge in [-0.05, 0) is 12.1 Å². The van der Waals surface area contributed by atoms with Crippen LogP contribution in [0.4, 0.5) is 24.5 Å². The Hall–Kier alpha value is -1.61. The van der Waals surface area contributed by atoms with Gasteiger partial charge in [0.25, 0.3) is 0 Å². The number of thioether (sulfide) groups is 1. The van der Waals surface area contributed by atoms with Crippen molar-refractivity contribution in [2.24, 2.45) is 0 Å². The molecule has 0 spiro atoms. The van der Waals surface area contributed by atoms with Crippen molar-refractivity contribution in [2.45, 2.75) is 6.18 Å². The van der Waals surface area contributed by atoms with Gasteiger partial charge in [-0.25, -0.2) is 4.79 Å². The Morgan fingerprint density at radius 1 is 1.36 bits per heavy atom. The molecule has 0 saturated carbocycles. The van der Waals surface area contributed by atoms with Gasteiger partial charge in [0.15, 0.2) is 0 Å². The van der Waals surface area contributed by atoms with Crippen molar-refractivity contribution in [3.63, 3.8) is 0 Å². The molecular formula is C13H14F3N2O3S-. The van der Waals surface area contributed by atoms with E-state index in [1.807, 2.05) is 0 Å². The number of nitrogens with one attached hydrogen (secondary N) is 1. The summed E-state index contributed by atoms with van der Waals surface area (Å²) in [6.07, 6.45) is -4.62. The average Bonchev–Trinajstić information content (AvgIpc) is 2.52. The highest BCUT2D eigenvalue weighted by atomic mass is 32.2.